The molecule has 13 nitrogen and oxygen atoms in total. The molecule has 6 N–H and O–H groups in total. The van der Waals surface area contributed by atoms with Gasteiger partial charge in [-0.1, -0.05) is 0 Å². The maximum Gasteiger partial charge on any atom is 0.394 e. The summed E-state index contributed by atoms with van der Waals surface area (Å²) in [7, 11) is -2.38. The number of aliphatic hydroxyl groups is 1. The van der Waals surface area contributed by atoms with Crippen molar-refractivity contribution in [3.05, 3.63) is 59.7 Å². The molecule has 0 saturated carbocycles. The fourth-order valence-corrected chi connectivity index (χ4v) is 2.12. The molecule has 0 spiro atoms. The number of hydrogen-bond acceptors (Lipinski definition) is 10. The third-order valence-corrected chi connectivity index (χ3v) is 3.73. The van der Waals surface area contributed by atoms with Gasteiger partial charge in [0.1, 0.15) is 11.5 Å². The van der Waals surface area contributed by atoms with Gasteiger partial charge < -0.3 is 25.2 Å². The lowest BCUT2D eigenvalue weighted by Gasteiger charge is -2.00. The zero-order valence-corrected chi connectivity index (χ0v) is 20.2. The second kappa shape index (κ2) is 18.5. The van der Waals surface area contributed by atoms with E-state index in [1.165, 1.54) is 55.6 Å². The predicted molar refractivity (Wildman–Crippen MR) is 125 cm³/mol. The number of phenols is 2. The molecule has 0 aliphatic carbocycles. The normalized spacial score (nSPS) is 9.58. The van der Waals surface area contributed by atoms with E-state index in [1.807, 2.05) is 0 Å². The van der Waals surface area contributed by atoms with Gasteiger partial charge in [0, 0.05) is 31.1 Å². The molecule has 14 heteroatoms. The molecule has 0 saturated heterocycles. The molecule has 36 heavy (non-hydrogen) atoms. The van der Waals surface area contributed by atoms with Gasteiger partial charge in [0.2, 0.25) is 0 Å². The Hall–Kier alpha value is -3.85. The van der Waals surface area contributed by atoms with Gasteiger partial charge in [-0.2, -0.15) is 8.42 Å². The Labute approximate surface area is 207 Å². The van der Waals surface area contributed by atoms with Crippen LogP contribution in [-0.2, 0) is 24.7 Å². The van der Waals surface area contributed by atoms with E-state index in [-0.39, 0.29) is 48.7 Å². The molecule has 200 valence electrons. The van der Waals surface area contributed by atoms with E-state index < -0.39 is 22.3 Å². The van der Waals surface area contributed by atoms with Gasteiger partial charge in [-0.25, -0.2) is 0 Å². The molecule has 0 unspecified atom stereocenters. The molecule has 0 amide bonds. The summed E-state index contributed by atoms with van der Waals surface area (Å²) in [4.78, 5) is 43.8. The second-order valence-corrected chi connectivity index (χ2v) is 7.25. The van der Waals surface area contributed by atoms with Crippen LogP contribution in [0.25, 0.3) is 0 Å². The fourth-order valence-electron chi connectivity index (χ4n) is 2.12. The van der Waals surface area contributed by atoms with Gasteiger partial charge in [-0.05, 0) is 48.5 Å². The summed E-state index contributed by atoms with van der Waals surface area (Å²) < 4.78 is 36.0. The number of carboxylic acid groups (broad SMARTS) is 1. The van der Waals surface area contributed by atoms with Crippen molar-refractivity contribution in [2.75, 3.05) is 14.2 Å². The lowest BCUT2D eigenvalue weighted by atomic mass is 10.1. The van der Waals surface area contributed by atoms with Crippen LogP contribution in [-0.4, -0.2) is 75.7 Å². The summed E-state index contributed by atoms with van der Waals surface area (Å²) >= 11 is 0. The number of hydrogen-bond donors (Lipinski definition) is 6. The topological polar surface area (TPSA) is 233 Å². The summed E-state index contributed by atoms with van der Waals surface area (Å²) in [5.74, 6) is -1.56. The van der Waals surface area contributed by atoms with Crippen molar-refractivity contribution >= 4 is 33.9 Å². The number of ketones is 2. The summed E-state index contributed by atoms with van der Waals surface area (Å²) in [6.45, 7) is 0. The summed E-state index contributed by atoms with van der Waals surface area (Å²) in [6.07, 6.45) is 0.0213. The van der Waals surface area contributed by atoms with E-state index in [0.29, 0.717) is 11.1 Å². The van der Waals surface area contributed by atoms with Crippen molar-refractivity contribution in [3.8, 4) is 11.5 Å². The summed E-state index contributed by atoms with van der Waals surface area (Å²) in [5, 5.41) is 33.3. The molecule has 2 aromatic carbocycles. The minimum absolute atomic E-state index is 0.0138. The van der Waals surface area contributed by atoms with Crippen LogP contribution in [0, 0.1) is 0 Å². The van der Waals surface area contributed by atoms with E-state index in [4.69, 9.17) is 37.9 Å². The molecule has 2 aromatic rings. The van der Waals surface area contributed by atoms with Gasteiger partial charge in [0.15, 0.2) is 11.6 Å². The maximum absolute atomic E-state index is 11.5. The van der Waals surface area contributed by atoms with Crippen LogP contribution in [0.4, 0.5) is 0 Å². The number of aromatic hydroxyl groups is 2. The highest BCUT2D eigenvalue weighted by Crippen LogP contribution is 2.13. The zero-order chi connectivity index (χ0) is 28.3. The Morgan fingerprint density at radius 2 is 1.00 bits per heavy atom. The van der Waals surface area contributed by atoms with Gasteiger partial charge in [-0.3, -0.25) is 28.3 Å². The Kier molecular flexibility index (Phi) is 17.6. The molecule has 2 rings (SSSR count). The largest absolute Gasteiger partial charge is 0.508 e. The van der Waals surface area contributed by atoms with E-state index in [2.05, 4.69) is 4.74 Å². The van der Waals surface area contributed by atoms with Crippen LogP contribution in [0.3, 0.4) is 0 Å². The van der Waals surface area contributed by atoms with Crippen LogP contribution < -0.4 is 0 Å². The fraction of sp³-hybridized carbons (Fsp3) is 0.273. The minimum atomic E-state index is -4.67. The number of carboxylic acids is 1. The van der Waals surface area contributed by atoms with Gasteiger partial charge in [0.05, 0.1) is 20.0 Å². The molecule has 0 heterocycles. The van der Waals surface area contributed by atoms with Crippen molar-refractivity contribution in [3.63, 3.8) is 0 Å². The number of benzene rings is 2. The van der Waals surface area contributed by atoms with Crippen molar-refractivity contribution < 1.29 is 61.9 Å². The molecular formula is C22H28O13S. The lowest BCUT2D eigenvalue weighted by Crippen LogP contribution is -2.05. The van der Waals surface area contributed by atoms with Crippen molar-refractivity contribution in [2.45, 2.75) is 25.7 Å². The molecule has 0 aliphatic heterocycles. The van der Waals surface area contributed by atoms with Crippen LogP contribution in [0.1, 0.15) is 46.4 Å². The highest BCUT2D eigenvalue weighted by Gasteiger charge is 2.09. The van der Waals surface area contributed by atoms with Gasteiger partial charge >= 0.3 is 22.3 Å². The molecule has 0 atom stereocenters. The molecule has 0 bridgehead atoms. The minimum Gasteiger partial charge on any atom is -0.508 e. The van der Waals surface area contributed by atoms with Crippen LogP contribution in [0.5, 0.6) is 11.5 Å². The van der Waals surface area contributed by atoms with E-state index in [9.17, 15) is 19.2 Å². The van der Waals surface area contributed by atoms with Crippen molar-refractivity contribution in [1.29, 1.82) is 0 Å². The van der Waals surface area contributed by atoms with E-state index in [1.54, 1.807) is 0 Å². The Morgan fingerprint density at radius 1 is 0.694 bits per heavy atom. The van der Waals surface area contributed by atoms with Gasteiger partial charge in [0.25, 0.3) is 0 Å². The number of carbonyl (C=O) groups excluding carboxylic acids is 3. The zero-order valence-electron chi connectivity index (χ0n) is 19.4. The first-order chi connectivity index (χ1) is 16.7. The van der Waals surface area contributed by atoms with E-state index >= 15 is 0 Å². The first-order valence-corrected chi connectivity index (χ1v) is 11.2. The third kappa shape index (κ3) is 19.6. The van der Waals surface area contributed by atoms with E-state index in [0.717, 1.165) is 7.11 Å². The standard InChI is InChI=1S/C11H12O4.C10H10O4.CH4O.H2O4S/c1-15-11(14)7-6-10(13)8-2-4-9(12)5-3-8;11-8-3-1-7(2-4-8)9(12)5-6-10(13)14;1-2;1-5(2,3)4/h2-5,12H,6-7H2,1H3;1-4,11H,5-6H2,(H,13,14);2H,1H3;(H2,1,2,3,4). The first-order valence-electron chi connectivity index (χ1n) is 9.80. The number of phenolic OH excluding ortho intramolecular Hbond substituents is 2. The van der Waals surface area contributed by atoms with Gasteiger partial charge in [-0.15, -0.1) is 0 Å². The highest BCUT2D eigenvalue weighted by molar-refractivity contribution is 7.79. The van der Waals surface area contributed by atoms with Crippen LogP contribution in [0.2, 0.25) is 0 Å². The molecule has 0 radical (unpaired) electrons. The molecular weight excluding hydrogens is 504 g/mol. The number of aliphatic hydroxyl groups excluding tert-OH is 1. The molecule has 0 aromatic heterocycles. The Bertz CT molecular complexity index is 1050. The Morgan fingerprint density at radius 3 is 1.28 bits per heavy atom. The quantitative estimate of drug-likeness (QED) is 0.162. The monoisotopic (exact) mass is 532 g/mol. The smallest absolute Gasteiger partial charge is 0.394 e. The van der Waals surface area contributed by atoms with Crippen molar-refractivity contribution in [1.82, 2.24) is 0 Å². The summed E-state index contributed by atoms with van der Waals surface area (Å²) in [6, 6.07) is 11.7. The number of esters is 1. The summed E-state index contributed by atoms with van der Waals surface area (Å²) in [5.41, 5.74) is 0.903. The first kappa shape index (κ1) is 34.3. The number of aliphatic carboxylic acids is 1. The number of carbonyl (C=O) groups is 4. The molecule has 0 aliphatic rings. The van der Waals surface area contributed by atoms with Crippen LogP contribution in [0.15, 0.2) is 48.5 Å². The number of methoxy groups -OCH3 is 1. The van der Waals surface area contributed by atoms with Crippen LogP contribution >= 0.6 is 0 Å². The number of ether oxygens (including phenoxy) is 1. The highest BCUT2D eigenvalue weighted by atomic mass is 32.3. The second-order valence-electron chi connectivity index (χ2n) is 6.36. The molecule has 0 fully saturated rings. The number of Topliss-reactive ketones (excluding diaryl/α,β-unsaturated/α-hetero) is 2. The van der Waals surface area contributed by atoms with Crippen molar-refractivity contribution in [2.24, 2.45) is 0 Å². The third-order valence-electron chi connectivity index (χ3n) is 3.73. The maximum atomic E-state index is 11.5. The predicted octanol–water partition coefficient (Wildman–Crippen LogP) is 1.92. The average Bonchev–Trinajstić information content (AvgIpc) is 2.82. The number of rotatable bonds is 8. The SMILES string of the molecule is CO.COC(=O)CCC(=O)c1ccc(O)cc1.O=C(O)CCC(=O)c1ccc(O)cc1.O=S(=O)(O)O. The lowest BCUT2D eigenvalue weighted by molar-refractivity contribution is -0.140. The Balaban J connectivity index is 0. The average molecular weight is 533 g/mol.